The average Bonchev–Trinajstić information content (AvgIpc) is 3.05. The van der Waals surface area contributed by atoms with E-state index in [1.54, 1.807) is 0 Å². The summed E-state index contributed by atoms with van der Waals surface area (Å²) in [5.41, 5.74) is 0. The van der Waals surface area contributed by atoms with Crippen LogP contribution in [-0.2, 0) is 17.1 Å². The molecule has 2 N–H and O–H groups in total. The van der Waals surface area contributed by atoms with E-state index >= 15 is 0 Å². The molecule has 0 atom stereocenters. The van der Waals surface area contributed by atoms with Gasteiger partial charge in [0.2, 0.25) is 0 Å². The fourth-order valence-corrected chi connectivity index (χ4v) is 9.78. The van der Waals surface area contributed by atoms with Crippen molar-refractivity contribution < 1.29 is 27.3 Å². The molecule has 6 rings (SSSR count). The van der Waals surface area contributed by atoms with Crippen LogP contribution in [0.2, 0.25) is 0 Å². The molecular formula is C37H36CuO2P2+2. The molecule has 2 nitrogen and oxygen atoms in total. The molecule has 0 saturated carbocycles. The van der Waals surface area contributed by atoms with Gasteiger partial charge >= 0.3 is 0 Å². The molecule has 0 spiro atoms. The van der Waals surface area contributed by atoms with Crippen LogP contribution in [0, 0.1) is 0 Å². The standard InChI is InChI=1S/2C18H15P.CH4O2.Cu/c2*1-4-10-16(11-5-1)19(17-12-6-2-7-13-17)18-14-8-3-9-15-18;2-1-3;/h2*1-15H;2-3H,1H2;/p+2. The number of rotatable bonds is 6. The summed E-state index contributed by atoms with van der Waals surface area (Å²) in [5.74, 6) is 0. The fourth-order valence-electron chi connectivity index (χ4n) is 4.63. The van der Waals surface area contributed by atoms with E-state index in [0.717, 1.165) is 0 Å². The maximum absolute atomic E-state index is 7.12. The van der Waals surface area contributed by atoms with Gasteiger partial charge in [0.05, 0.1) is 15.8 Å². The van der Waals surface area contributed by atoms with E-state index in [2.05, 4.69) is 182 Å². The second kappa shape index (κ2) is 18.9. The van der Waals surface area contributed by atoms with Crippen molar-refractivity contribution >= 4 is 47.7 Å². The van der Waals surface area contributed by atoms with Crippen molar-refractivity contribution in [2.24, 2.45) is 0 Å². The second-order valence-corrected chi connectivity index (χ2v) is 14.1. The Morgan fingerprint density at radius 3 is 0.524 bits per heavy atom. The van der Waals surface area contributed by atoms with Crippen molar-refractivity contribution in [3.8, 4) is 0 Å². The quantitative estimate of drug-likeness (QED) is 0.148. The Kier molecular flexibility index (Phi) is 14.9. The van der Waals surface area contributed by atoms with Crippen LogP contribution < -0.4 is 31.8 Å². The SMILES string of the molecule is OCO.[Cu].c1ccc([PH+](c2ccccc2)c2ccccc2)cc1.c1ccc([PH+](c2ccccc2)c2ccccc2)cc1. The first-order chi connectivity index (χ1) is 20.3. The van der Waals surface area contributed by atoms with E-state index in [9.17, 15) is 0 Å². The number of aliphatic hydroxyl groups excluding tert-OH is 1. The Morgan fingerprint density at radius 2 is 0.405 bits per heavy atom. The molecular weight excluding hydrogens is 602 g/mol. The molecule has 0 aliphatic carbocycles. The number of hydrogen-bond donors (Lipinski definition) is 2. The van der Waals surface area contributed by atoms with Crippen LogP contribution in [0.5, 0.6) is 0 Å². The van der Waals surface area contributed by atoms with Gasteiger partial charge in [-0.15, -0.1) is 0 Å². The molecule has 0 aliphatic rings. The molecule has 6 aromatic rings. The molecule has 0 saturated heterocycles. The van der Waals surface area contributed by atoms with E-state index in [1.165, 1.54) is 31.8 Å². The fraction of sp³-hybridized carbons (Fsp3) is 0.0270. The summed E-state index contributed by atoms with van der Waals surface area (Å²) in [5, 5.41) is 22.9. The molecule has 0 heterocycles. The van der Waals surface area contributed by atoms with Crippen molar-refractivity contribution in [3.63, 3.8) is 0 Å². The van der Waals surface area contributed by atoms with Crippen molar-refractivity contribution in [1.29, 1.82) is 0 Å². The summed E-state index contributed by atoms with van der Waals surface area (Å²) >= 11 is 0. The maximum Gasteiger partial charge on any atom is 0.140 e. The summed E-state index contributed by atoms with van der Waals surface area (Å²) < 4.78 is 0. The topological polar surface area (TPSA) is 40.5 Å². The van der Waals surface area contributed by atoms with E-state index in [-0.39, 0.29) is 17.1 Å². The third kappa shape index (κ3) is 9.87. The van der Waals surface area contributed by atoms with Crippen LogP contribution in [0.3, 0.4) is 0 Å². The van der Waals surface area contributed by atoms with Gasteiger partial charge in [-0.05, 0) is 72.8 Å². The number of hydrogen-bond acceptors (Lipinski definition) is 2. The Labute approximate surface area is 262 Å². The Morgan fingerprint density at radius 1 is 0.286 bits per heavy atom. The van der Waals surface area contributed by atoms with E-state index in [0.29, 0.717) is 0 Å². The molecule has 6 aromatic carbocycles. The minimum absolute atomic E-state index is 0. The largest absolute Gasteiger partial charge is 0.371 e. The molecule has 42 heavy (non-hydrogen) atoms. The third-order valence-corrected chi connectivity index (χ3v) is 11.8. The summed E-state index contributed by atoms with van der Waals surface area (Å²) in [6.07, 6.45) is 0. The summed E-state index contributed by atoms with van der Waals surface area (Å²) in [4.78, 5) is 0. The summed E-state index contributed by atoms with van der Waals surface area (Å²) in [7, 11) is -1.75. The molecule has 0 fully saturated rings. The monoisotopic (exact) mass is 637 g/mol. The van der Waals surface area contributed by atoms with Gasteiger partial charge in [-0.2, -0.15) is 0 Å². The molecule has 0 aliphatic heterocycles. The summed E-state index contributed by atoms with van der Waals surface area (Å²) in [6, 6.07) is 65.0. The van der Waals surface area contributed by atoms with Crippen molar-refractivity contribution in [3.05, 3.63) is 182 Å². The van der Waals surface area contributed by atoms with Crippen molar-refractivity contribution in [1.82, 2.24) is 0 Å². The van der Waals surface area contributed by atoms with Crippen LogP contribution in [0.15, 0.2) is 182 Å². The molecule has 215 valence electrons. The summed E-state index contributed by atoms with van der Waals surface area (Å²) in [6.45, 7) is -0.750. The van der Waals surface area contributed by atoms with Crippen LogP contribution in [0.25, 0.3) is 0 Å². The van der Waals surface area contributed by atoms with Crippen molar-refractivity contribution in [2.45, 2.75) is 0 Å². The predicted molar refractivity (Wildman–Crippen MR) is 182 cm³/mol. The molecule has 0 amide bonds. The van der Waals surface area contributed by atoms with E-state index in [4.69, 9.17) is 10.2 Å². The predicted octanol–water partition coefficient (Wildman–Crippen LogP) is 5.28. The molecule has 1 radical (unpaired) electrons. The van der Waals surface area contributed by atoms with Gasteiger partial charge in [0.1, 0.15) is 38.6 Å². The second-order valence-electron chi connectivity index (χ2n) is 9.09. The number of aliphatic hydroxyl groups is 2. The van der Waals surface area contributed by atoms with Gasteiger partial charge in [-0.1, -0.05) is 109 Å². The van der Waals surface area contributed by atoms with Gasteiger partial charge in [0, 0.05) is 17.1 Å². The minimum atomic E-state index is -0.877. The first-order valence-corrected chi connectivity index (χ1v) is 16.6. The van der Waals surface area contributed by atoms with Gasteiger partial charge in [0.25, 0.3) is 0 Å². The van der Waals surface area contributed by atoms with Gasteiger partial charge < -0.3 is 10.2 Å². The Hall–Kier alpha value is -3.38. The Bertz CT molecular complexity index is 1200. The van der Waals surface area contributed by atoms with Crippen LogP contribution >= 0.6 is 15.8 Å². The van der Waals surface area contributed by atoms with Gasteiger partial charge in [0.15, 0.2) is 0 Å². The van der Waals surface area contributed by atoms with Gasteiger partial charge in [-0.3, -0.25) is 0 Å². The third-order valence-electron chi connectivity index (χ3n) is 6.37. The zero-order valence-corrected chi connectivity index (χ0v) is 26.2. The molecule has 0 aromatic heterocycles. The first kappa shape index (κ1) is 33.1. The average molecular weight is 638 g/mol. The van der Waals surface area contributed by atoms with Crippen LogP contribution in [0.1, 0.15) is 0 Å². The van der Waals surface area contributed by atoms with E-state index in [1.807, 2.05) is 0 Å². The number of benzene rings is 6. The maximum atomic E-state index is 7.12. The Balaban J connectivity index is 0.000000207. The zero-order valence-electron chi connectivity index (χ0n) is 23.2. The molecule has 5 heteroatoms. The zero-order chi connectivity index (χ0) is 28.5. The van der Waals surface area contributed by atoms with Gasteiger partial charge in [-0.25, -0.2) is 0 Å². The van der Waals surface area contributed by atoms with E-state index < -0.39 is 22.6 Å². The van der Waals surface area contributed by atoms with Crippen LogP contribution in [0.4, 0.5) is 0 Å². The normalized spacial score (nSPS) is 10.0. The van der Waals surface area contributed by atoms with Crippen LogP contribution in [-0.4, -0.2) is 17.0 Å². The molecule has 0 bridgehead atoms. The first-order valence-electron chi connectivity index (χ1n) is 13.6. The smallest absolute Gasteiger partial charge is 0.140 e. The van der Waals surface area contributed by atoms with Crippen molar-refractivity contribution in [2.75, 3.05) is 6.79 Å². The molecule has 0 unspecified atom stereocenters. The minimum Gasteiger partial charge on any atom is -0.371 e.